The summed E-state index contributed by atoms with van der Waals surface area (Å²) in [5.41, 5.74) is 0. The predicted molar refractivity (Wildman–Crippen MR) is 70.5 cm³/mol. The molecule has 0 spiro atoms. The van der Waals surface area contributed by atoms with Crippen molar-refractivity contribution in [2.24, 2.45) is 7.05 Å². The second-order valence-corrected chi connectivity index (χ2v) is 7.01. The van der Waals surface area contributed by atoms with Crippen molar-refractivity contribution in [1.82, 2.24) is 19.3 Å². The highest BCUT2D eigenvalue weighted by Gasteiger charge is 2.36. The van der Waals surface area contributed by atoms with Gasteiger partial charge in [-0.05, 0) is 28.8 Å². The maximum atomic E-state index is 12.7. The molecule has 2 rings (SSSR count). The first kappa shape index (κ1) is 14.4. The number of aryl methyl sites for hydroxylation is 1. The maximum absolute atomic E-state index is 12.7. The minimum Gasteiger partial charge on any atom is -0.235 e. The van der Waals surface area contributed by atoms with Crippen LogP contribution in [0.3, 0.4) is 0 Å². The van der Waals surface area contributed by atoms with Crippen molar-refractivity contribution in [3.05, 3.63) is 4.60 Å². The van der Waals surface area contributed by atoms with Crippen LogP contribution >= 0.6 is 15.9 Å². The molecule has 0 aromatic carbocycles. The van der Waals surface area contributed by atoms with Gasteiger partial charge in [-0.2, -0.15) is 9.57 Å². The topological polar surface area (TPSA) is 91.9 Å². The molecule has 0 amide bonds. The predicted octanol–water partition coefficient (Wildman–Crippen LogP) is 1.03. The molecule has 9 heteroatoms. The van der Waals surface area contributed by atoms with Crippen LogP contribution in [0.2, 0.25) is 0 Å². The van der Waals surface area contributed by atoms with E-state index in [1.165, 1.54) is 16.0 Å². The quantitative estimate of drug-likeness (QED) is 0.758. The SMILES string of the molecule is Cn1nnc(Br)c1S(=O)(=O)N(CC#N)C1CCCC1. The Labute approximate surface area is 120 Å². The van der Waals surface area contributed by atoms with Gasteiger partial charge in [0.05, 0.1) is 6.07 Å². The number of hydrogen-bond acceptors (Lipinski definition) is 5. The van der Waals surface area contributed by atoms with Crippen molar-refractivity contribution in [2.75, 3.05) is 6.54 Å². The zero-order valence-electron chi connectivity index (χ0n) is 10.5. The van der Waals surface area contributed by atoms with Gasteiger partial charge in [0.2, 0.25) is 5.03 Å². The van der Waals surface area contributed by atoms with E-state index in [4.69, 9.17) is 5.26 Å². The summed E-state index contributed by atoms with van der Waals surface area (Å²) in [6, 6.07) is 1.83. The lowest BCUT2D eigenvalue weighted by atomic mass is 10.2. The Kier molecular flexibility index (Phi) is 4.23. The minimum atomic E-state index is -3.76. The molecule has 0 atom stereocenters. The first-order valence-corrected chi connectivity index (χ1v) is 8.15. The fourth-order valence-electron chi connectivity index (χ4n) is 2.38. The number of nitriles is 1. The van der Waals surface area contributed by atoms with Gasteiger partial charge in [0.1, 0.15) is 6.54 Å². The summed E-state index contributed by atoms with van der Waals surface area (Å²) in [6.45, 7) is -0.148. The molecule has 1 aromatic heterocycles. The second-order valence-electron chi connectivity index (χ2n) is 4.46. The van der Waals surface area contributed by atoms with E-state index in [1.54, 1.807) is 0 Å². The van der Waals surface area contributed by atoms with E-state index in [-0.39, 0.29) is 22.2 Å². The summed E-state index contributed by atoms with van der Waals surface area (Å²) in [5.74, 6) is 0. The molecule has 1 heterocycles. The van der Waals surface area contributed by atoms with Gasteiger partial charge in [-0.3, -0.25) is 0 Å². The van der Waals surface area contributed by atoms with Crippen molar-refractivity contribution in [3.8, 4) is 6.07 Å². The summed E-state index contributed by atoms with van der Waals surface area (Å²) in [4.78, 5) is 0. The van der Waals surface area contributed by atoms with E-state index in [1.807, 2.05) is 6.07 Å². The maximum Gasteiger partial charge on any atom is 0.264 e. The molecule has 1 aliphatic carbocycles. The normalized spacial score (nSPS) is 16.9. The van der Waals surface area contributed by atoms with Crippen molar-refractivity contribution >= 4 is 26.0 Å². The molecule has 19 heavy (non-hydrogen) atoms. The summed E-state index contributed by atoms with van der Waals surface area (Å²) in [5, 5.41) is 16.3. The number of rotatable bonds is 4. The molecule has 1 fully saturated rings. The summed E-state index contributed by atoms with van der Waals surface area (Å²) in [7, 11) is -2.25. The molecule has 7 nitrogen and oxygen atoms in total. The second kappa shape index (κ2) is 5.56. The average Bonchev–Trinajstić information content (AvgIpc) is 2.96. The van der Waals surface area contributed by atoms with Crippen LogP contribution in [0.5, 0.6) is 0 Å². The molecule has 0 radical (unpaired) electrons. The summed E-state index contributed by atoms with van der Waals surface area (Å²) in [6.07, 6.45) is 3.58. The van der Waals surface area contributed by atoms with Gasteiger partial charge in [-0.15, -0.1) is 5.10 Å². The molecular formula is C10H14BrN5O2S. The zero-order valence-corrected chi connectivity index (χ0v) is 12.9. The van der Waals surface area contributed by atoms with E-state index in [2.05, 4.69) is 26.2 Å². The average molecular weight is 348 g/mol. The number of sulfonamides is 1. The van der Waals surface area contributed by atoms with E-state index in [9.17, 15) is 8.42 Å². The van der Waals surface area contributed by atoms with Crippen LogP contribution in [0.1, 0.15) is 25.7 Å². The fraction of sp³-hybridized carbons (Fsp3) is 0.700. The summed E-state index contributed by atoms with van der Waals surface area (Å²) < 4.78 is 28.0. The number of aromatic nitrogens is 3. The molecule has 0 saturated heterocycles. The monoisotopic (exact) mass is 347 g/mol. The zero-order chi connectivity index (χ0) is 14.0. The van der Waals surface area contributed by atoms with Gasteiger partial charge in [0.25, 0.3) is 10.0 Å². The fourth-order valence-corrected chi connectivity index (χ4v) is 5.00. The number of hydrogen-bond donors (Lipinski definition) is 0. The molecular weight excluding hydrogens is 334 g/mol. The highest BCUT2D eigenvalue weighted by atomic mass is 79.9. The van der Waals surface area contributed by atoms with Crippen molar-refractivity contribution < 1.29 is 8.42 Å². The lowest BCUT2D eigenvalue weighted by Crippen LogP contribution is -2.40. The number of nitrogens with zero attached hydrogens (tertiary/aromatic N) is 5. The van der Waals surface area contributed by atoms with E-state index < -0.39 is 10.0 Å². The van der Waals surface area contributed by atoms with Gasteiger partial charge in [-0.25, -0.2) is 13.1 Å². The molecule has 104 valence electrons. The third-order valence-electron chi connectivity index (χ3n) is 3.25. The minimum absolute atomic E-state index is 0.00495. The van der Waals surface area contributed by atoms with Crippen LogP contribution in [0, 0.1) is 11.3 Å². The largest absolute Gasteiger partial charge is 0.264 e. The highest BCUT2D eigenvalue weighted by molar-refractivity contribution is 9.10. The molecule has 0 bridgehead atoms. The Morgan fingerprint density at radius 2 is 2.16 bits per heavy atom. The van der Waals surface area contributed by atoms with Crippen molar-refractivity contribution in [3.63, 3.8) is 0 Å². The Morgan fingerprint density at radius 3 is 2.63 bits per heavy atom. The van der Waals surface area contributed by atoms with Gasteiger partial charge >= 0.3 is 0 Å². The molecule has 1 saturated carbocycles. The van der Waals surface area contributed by atoms with Crippen LogP contribution in [-0.2, 0) is 17.1 Å². The summed E-state index contributed by atoms with van der Waals surface area (Å²) >= 11 is 3.10. The first-order valence-electron chi connectivity index (χ1n) is 5.92. The van der Waals surface area contributed by atoms with E-state index >= 15 is 0 Å². The molecule has 1 aromatic rings. The Morgan fingerprint density at radius 1 is 1.53 bits per heavy atom. The molecule has 0 unspecified atom stereocenters. The van der Waals surface area contributed by atoms with Gasteiger partial charge < -0.3 is 0 Å². The lowest BCUT2D eigenvalue weighted by molar-refractivity contribution is 0.346. The van der Waals surface area contributed by atoms with Crippen LogP contribution in [-0.4, -0.2) is 40.3 Å². The van der Waals surface area contributed by atoms with Gasteiger partial charge in [0, 0.05) is 13.1 Å². The van der Waals surface area contributed by atoms with Crippen LogP contribution < -0.4 is 0 Å². The molecule has 0 N–H and O–H groups in total. The molecule has 0 aliphatic heterocycles. The van der Waals surface area contributed by atoms with Crippen molar-refractivity contribution in [1.29, 1.82) is 5.26 Å². The van der Waals surface area contributed by atoms with Crippen LogP contribution in [0.15, 0.2) is 9.63 Å². The Balaban J connectivity index is 2.43. The first-order chi connectivity index (χ1) is 8.98. The third-order valence-corrected chi connectivity index (χ3v) is 6.04. The molecule has 1 aliphatic rings. The highest BCUT2D eigenvalue weighted by Crippen LogP contribution is 2.30. The van der Waals surface area contributed by atoms with Crippen LogP contribution in [0.4, 0.5) is 0 Å². The third kappa shape index (κ3) is 2.66. The van der Waals surface area contributed by atoms with Crippen molar-refractivity contribution in [2.45, 2.75) is 36.8 Å². The Hall–Kier alpha value is -0.980. The van der Waals surface area contributed by atoms with Gasteiger partial charge in [-0.1, -0.05) is 18.1 Å². The van der Waals surface area contributed by atoms with E-state index in [0.717, 1.165) is 25.7 Å². The smallest absolute Gasteiger partial charge is 0.235 e. The Bertz CT molecular complexity index is 580. The van der Waals surface area contributed by atoms with Crippen LogP contribution in [0.25, 0.3) is 0 Å². The standard InChI is InChI=1S/C10H14BrN5O2S/c1-15-10(9(11)13-14-15)19(17,18)16(7-6-12)8-4-2-3-5-8/h8H,2-5,7H2,1H3. The van der Waals surface area contributed by atoms with Gasteiger partial charge in [0.15, 0.2) is 4.60 Å². The van der Waals surface area contributed by atoms with E-state index in [0.29, 0.717) is 0 Å². The lowest BCUT2D eigenvalue weighted by Gasteiger charge is -2.25. The number of halogens is 1.